The Morgan fingerprint density at radius 2 is 1.58 bits per heavy atom. The summed E-state index contributed by atoms with van der Waals surface area (Å²) in [5.74, 6) is -0.0941. The Labute approximate surface area is 227 Å². The minimum Gasteiger partial charge on any atom is -0.465 e. The van der Waals surface area contributed by atoms with Crippen molar-refractivity contribution in [3.8, 4) is 0 Å². The van der Waals surface area contributed by atoms with Crippen LogP contribution in [0.4, 0.5) is 15.4 Å². The predicted molar refractivity (Wildman–Crippen MR) is 147 cm³/mol. The minimum absolute atomic E-state index is 0. The number of esters is 1. The van der Waals surface area contributed by atoms with Crippen LogP contribution < -0.4 is 4.90 Å². The number of rotatable bonds is 10. The Morgan fingerprint density at radius 3 is 2.06 bits per heavy atom. The lowest BCUT2D eigenvalue weighted by Crippen LogP contribution is -2.44. The molecular formula is C26H43ClN2O6S. The van der Waals surface area contributed by atoms with Crippen molar-refractivity contribution in [1.82, 2.24) is 4.98 Å². The smallest absolute Gasteiger partial charge is 0.425 e. The molecule has 1 aromatic heterocycles. The van der Waals surface area contributed by atoms with E-state index in [1.807, 2.05) is 0 Å². The first kappa shape index (κ1) is 34.0. The zero-order valence-corrected chi connectivity index (χ0v) is 24.7. The van der Waals surface area contributed by atoms with Crippen LogP contribution in [0.2, 0.25) is 5.02 Å². The summed E-state index contributed by atoms with van der Waals surface area (Å²) < 4.78 is 16.2. The van der Waals surface area contributed by atoms with Crippen molar-refractivity contribution < 1.29 is 28.6 Å². The molecule has 8 nitrogen and oxygen atoms in total. The molecule has 1 unspecified atom stereocenters. The molecule has 1 rings (SSSR count). The van der Waals surface area contributed by atoms with Gasteiger partial charge in [0, 0.05) is 12.6 Å². The topological polar surface area (TPSA) is 95.0 Å². The Bertz CT molecular complexity index is 839. The van der Waals surface area contributed by atoms with Crippen molar-refractivity contribution in [2.75, 3.05) is 11.5 Å². The van der Waals surface area contributed by atoms with Gasteiger partial charge < -0.3 is 14.2 Å². The molecule has 0 N–H and O–H groups in total. The van der Waals surface area contributed by atoms with Crippen LogP contribution in [0.3, 0.4) is 0 Å². The number of ether oxygens (including phenoxy) is 3. The molecule has 0 fully saturated rings. The molecule has 0 aliphatic rings. The number of hydrogen-bond donors (Lipinski definition) is 0. The molecule has 0 aromatic carbocycles. The molecule has 0 aliphatic heterocycles. The van der Waals surface area contributed by atoms with E-state index in [1.165, 1.54) is 6.20 Å². The predicted octanol–water partition coefficient (Wildman–Crippen LogP) is 7.22. The number of imide groups is 1. The summed E-state index contributed by atoms with van der Waals surface area (Å²) >= 11 is 6.55. The molecule has 206 valence electrons. The zero-order valence-electron chi connectivity index (χ0n) is 22.9. The zero-order chi connectivity index (χ0) is 26.8. The molecule has 10 heteroatoms. The van der Waals surface area contributed by atoms with Gasteiger partial charge in [0.15, 0.2) is 5.82 Å². The second-order valence-electron chi connectivity index (χ2n) is 10.5. The van der Waals surface area contributed by atoms with Crippen LogP contribution >= 0.6 is 25.1 Å². The number of aromatic nitrogens is 1. The van der Waals surface area contributed by atoms with Crippen LogP contribution in [0.25, 0.3) is 0 Å². The number of anilines is 1. The summed E-state index contributed by atoms with van der Waals surface area (Å²) in [7, 11) is 0. The monoisotopic (exact) mass is 546 g/mol. The van der Waals surface area contributed by atoms with Gasteiger partial charge in [0.25, 0.3) is 0 Å². The van der Waals surface area contributed by atoms with Crippen LogP contribution in [0.1, 0.15) is 93.1 Å². The molecule has 1 atom stereocenters. The Kier molecular flexibility index (Phi) is 14.4. The Balaban J connectivity index is 0.0000122. The molecule has 1 aromatic rings. The Hall–Kier alpha value is -2.00. The van der Waals surface area contributed by atoms with Crippen molar-refractivity contribution in [3.63, 3.8) is 0 Å². The van der Waals surface area contributed by atoms with E-state index in [2.05, 4.69) is 18.8 Å². The quantitative estimate of drug-likeness (QED) is 0.226. The number of carbonyl (C=O) groups is 3. The van der Waals surface area contributed by atoms with Gasteiger partial charge in [-0.1, -0.05) is 44.7 Å². The fraction of sp³-hybridized carbons (Fsp3) is 0.692. The lowest BCUT2D eigenvalue weighted by Gasteiger charge is -2.28. The second kappa shape index (κ2) is 15.3. The highest BCUT2D eigenvalue weighted by Crippen LogP contribution is 2.30. The third-order valence-electron chi connectivity index (χ3n) is 4.94. The molecular weight excluding hydrogens is 504 g/mol. The van der Waals surface area contributed by atoms with Gasteiger partial charge in [0.1, 0.15) is 11.2 Å². The summed E-state index contributed by atoms with van der Waals surface area (Å²) in [6.07, 6.45) is 4.06. The van der Waals surface area contributed by atoms with Gasteiger partial charge in [0.2, 0.25) is 0 Å². The average molecular weight is 547 g/mol. The van der Waals surface area contributed by atoms with Crippen molar-refractivity contribution >= 4 is 49.1 Å². The standard InChI is InChI=1S/C26H41ClN2O6.H2S/c1-9-11-12-18(10-2)17-33-20(30)14-13-19-15-16-28-22(21(19)27)29(23(31)34-25(3,4)5)24(32)35-26(6,7)8;/h15-16,18H,9-14,17H2,1-8H3;1H2. The first-order valence-electron chi connectivity index (χ1n) is 12.2. The number of halogens is 1. The lowest BCUT2D eigenvalue weighted by molar-refractivity contribution is -0.145. The normalized spacial score (nSPS) is 12.2. The summed E-state index contributed by atoms with van der Waals surface area (Å²) in [6, 6.07) is 1.64. The number of nitrogens with zero attached hydrogens (tertiary/aromatic N) is 2. The van der Waals surface area contributed by atoms with Gasteiger partial charge in [-0.25, -0.2) is 14.6 Å². The molecule has 0 saturated carbocycles. The molecule has 0 spiro atoms. The van der Waals surface area contributed by atoms with E-state index in [1.54, 1.807) is 47.6 Å². The summed E-state index contributed by atoms with van der Waals surface area (Å²) in [5.41, 5.74) is -1.18. The van der Waals surface area contributed by atoms with Crippen LogP contribution in [-0.4, -0.2) is 40.9 Å². The number of amides is 2. The van der Waals surface area contributed by atoms with E-state index < -0.39 is 23.4 Å². The number of hydrogen-bond acceptors (Lipinski definition) is 7. The fourth-order valence-electron chi connectivity index (χ4n) is 3.10. The van der Waals surface area contributed by atoms with E-state index in [4.69, 9.17) is 25.8 Å². The summed E-state index contributed by atoms with van der Waals surface area (Å²) in [5, 5.41) is 0.0615. The third-order valence-corrected chi connectivity index (χ3v) is 5.35. The maximum Gasteiger partial charge on any atom is 0.425 e. The van der Waals surface area contributed by atoms with Crippen LogP contribution in [-0.2, 0) is 25.4 Å². The van der Waals surface area contributed by atoms with Gasteiger partial charge in [-0.2, -0.15) is 18.4 Å². The highest BCUT2D eigenvalue weighted by atomic mass is 35.5. The van der Waals surface area contributed by atoms with Crippen molar-refractivity contribution in [3.05, 3.63) is 22.8 Å². The number of pyridine rings is 1. The fourth-order valence-corrected chi connectivity index (χ4v) is 3.39. The first-order valence-corrected chi connectivity index (χ1v) is 12.6. The lowest BCUT2D eigenvalue weighted by atomic mass is 10.0. The minimum atomic E-state index is -0.963. The van der Waals surface area contributed by atoms with E-state index in [-0.39, 0.29) is 43.1 Å². The van der Waals surface area contributed by atoms with Crippen molar-refractivity contribution in [2.45, 2.75) is 105 Å². The SMILES string of the molecule is CCCCC(CC)COC(=O)CCc1ccnc(N(C(=O)OC(C)(C)C)C(=O)OC(C)(C)C)c1Cl.S. The largest absolute Gasteiger partial charge is 0.465 e. The van der Waals surface area contributed by atoms with E-state index in [0.29, 0.717) is 23.0 Å². The maximum absolute atomic E-state index is 12.9. The average Bonchev–Trinajstić information content (AvgIpc) is 2.71. The Morgan fingerprint density at radius 1 is 1.03 bits per heavy atom. The maximum atomic E-state index is 12.9. The summed E-state index contributed by atoms with van der Waals surface area (Å²) in [6.45, 7) is 14.7. The van der Waals surface area contributed by atoms with Gasteiger partial charge in [0.05, 0.1) is 11.6 Å². The highest BCUT2D eigenvalue weighted by molar-refractivity contribution is 7.59. The van der Waals surface area contributed by atoms with Crippen molar-refractivity contribution in [2.24, 2.45) is 5.92 Å². The first-order chi connectivity index (χ1) is 16.2. The second-order valence-corrected chi connectivity index (χ2v) is 10.9. The van der Waals surface area contributed by atoms with Gasteiger partial charge in [-0.05, 0) is 71.9 Å². The third kappa shape index (κ3) is 12.3. The summed E-state index contributed by atoms with van der Waals surface area (Å²) in [4.78, 5) is 43.0. The highest BCUT2D eigenvalue weighted by Gasteiger charge is 2.35. The van der Waals surface area contributed by atoms with Crippen LogP contribution in [0.15, 0.2) is 12.3 Å². The molecule has 0 aliphatic carbocycles. The number of unbranched alkanes of at least 4 members (excludes halogenated alkanes) is 1. The molecule has 36 heavy (non-hydrogen) atoms. The number of carbonyl (C=O) groups excluding carboxylic acids is 3. The molecule has 0 radical (unpaired) electrons. The van der Waals surface area contributed by atoms with Gasteiger partial charge in [-0.15, -0.1) is 0 Å². The number of aryl methyl sites for hydroxylation is 1. The van der Waals surface area contributed by atoms with Crippen LogP contribution in [0, 0.1) is 5.92 Å². The van der Waals surface area contributed by atoms with Crippen molar-refractivity contribution in [1.29, 1.82) is 0 Å². The van der Waals surface area contributed by atoms with E-state index in [9.17, 15) is 14.4 Å². The van der Waals surface area contributed by atoms with Crippen LogP contribution in [0.5, 0.6) is 0 Å². The molecule has 0 bridgehead atoms. The molecule has 2 amide bonds. The van der Waals surface area contributed by atoms with E-state index in [0.717, 1.165) is 25.7 Å². The molecule has 1 heterocycles. The molecule has 0 saturated heterocycles. The van der Waals surface area contributed by atoms with Gasteiger partial charge >= 0.3 is 18.2 Å². The van der Waals surface area contributed by atoms with Gasteiger partial charge in [-0.3, -0.25) is 4.79 Å². The van der Waals surface area contributed by atoms with E-state index >= 15 is 0 Å².